The molecule has 4 rings (SSSR count). The Balaban J connectivity index is 1.76. The van der Waals surface area contributed by atoms with Crippen molar-refractivity contribution in [3.8, 4) is 17.2 Å². The zero-order valence-corrected chi connectivity index (χ0v) is 18.7. The lowest BCUT2D eigenvalue weighted by Gasteiger charge is -2.15. The Kier molecular flexibility index (Phi) is 6.15. The zero-order valence-electron chi connectivity index (χ0n) is 17.1. The quantitative estimate of drug-likeness (QED) is 0.289. The Morgan fingerprint density at radius 2 is 1.87 bits per heavy atom. The van der Waals surface area contributed by atoms with Crippen LogP contribution in [0.2, 0.25) is 0 Å². The number of methoxy groups -OCH3 is 3. The van der Waals surface area contributed by atoms with Crippen molar-refractivity contribution in [2.75, 3.05) is 26.3 Å². The van der Waals surface area contributed by atoms with E-state index in [0.717, 1.165) is 20.8 Å². The van der Waals surface area contributed by atoms with Crippen molar-refractivity contribution in [2.24, 2.45) is 5.10 Å². The van der Waals surface area contributed by atoms with Crippen molar-refractivity contribution in [1.82, 2.24) is 4.98 Å². The third-order valence-corrected chi connectivity index (χ3v) is 6.23. The first-order valence-corrected chi connectivity index (χ1v) is 10.9. The second kappa shape index (κ2) is 9.15. The van der Waals surface area contributed by atoms with Crippen LogP contribution in [0.3, 0.4) is 0 Å². The van der Waals surface area contributed by atoms with Crippen LogP contribution in [0.15, 0.2) is 59.0 Å². The number of ether oxygens (including phenoxy) is 3. The van der Waals surface area contributed by atoms with Crippen molar-refractivity contribution in [3.63, 3.8) is 0 Å². The highest BCUT2D eigenvalue weighted by atomic mass is 32.1. The van der Waals surface area contributed by atoms with Crippen LogP contribution in [0, 0.1) is 0 Å². The summed E-state index contributed by atoms with van der Waals surface area (Å²) in [5.41, 5.74) is 1.16. The Hall–Kier alpha value is -3.43. The number of hydrazone groups is 1. The van der Waals surface area contributed by atoms with E-state index >= 15 is 0 Å². The molecule has 0 N–H and O–H groups in total. The maximum absolute atomic E-state index is 13.4. The Labute approximate surface area is 187 Å². The van der Waals surface area contributed by atoms with Crippen LogP contribution in [-0.4, -0.2) is 38.4 Å². The lowest BCUT2D eigenvalue weighted by molar-refractivity contribution is 0.0987. The van der Waals surface area contributed by atoms with E-state index in [0.29, 0.717) is 22.2 Å². The van der Waals surface area contributed by atoms with Gasteiger partial charge in [0.2, 0.25) is 5.13 Å². The molecule has 4 aromatic rings. The number of nitrogens with zero attached hydrogens (tertiary/aromatic N) is 3. The summed E-state index contributed by atoms with van der Waals surface area (Å²) in [5.74, 6) is 1.40. The van der Waals surface area contributed by atoms with Crippen LogP contribution >= 0.6 is 22.7 Å². The van der Waals surface area contributed by atoms with Gasteiger partial charge in [0, 0.05) is 10.4 Å². The number of amides is 1. The molecular formula is C22H19N3O4S2. The number of anilines is 1. The van der Waals surface area contributed by atoms with Gasteiger partial charge in [-0.1, -0.05) is 17.4 Å². The molecule has 0 saturated heterocycles. The number of thiophene rings is 1. The Morgan fingerprint density at radius 1 is 1.03 bits per heavy atom. The zero-order chi connectivity index (χ0) is 21.8. The standard InChI is InChI=1S/C22H19N3O4S2/c1-27-15-7-8-17-20(12-15)31-22(24-17)25(23-13-16-5-4-10-30-16)21(26)14-6-9-18(28-2)19(11-14)29-3/h4-13H,1-3H3/b23-13+. The van der Waals surface area contributed by atoms with Crippen LogP contribution in [0.4, 0.5) is 5.13 Å². The van der Waals surface area contributed by atoms with E-state index in [2.05, 4.69) is 10.1 Å². The second-order valence-electron chi connectivity index (χ2n) is 6.28. The topological polar surface area (TPSA) is 73.2 Å². The molecule has 2 heterocycles. The monoisotopic (exact) mass is 453 g/mol. The predicted molar refractivity (Wildman–Crippen MR) is 124 cm³/mol. The molecule has 0 spiro atoms. The lowest BCUT2D eigenvalue weighted by atomic mass is 10.2. The van der Waals surface area contributed by atoms with Gasteiger partial charge in [0.1, 0.15) is 5.75 Å². The SMILES string of the molecule is COc1ccc2nc(N(/N=C/c3cccs3)C(=O)c3ccc(OC)c(OC)c3)sc2c1. The molecule has 0 saturated carbocycles. The van der Waals surface area contributed by atoms with Gasteiger partial charge in [0.05, 0.1) is 37.8 Å². The molecule has 0 unspecified atom stereocenters. The summed E-state index contributed by atoms with van der Waals surface area (Å²) in [6.07, 6.45) is 1.65. The molecule has 0 aliphatic heterocycles. The van der Waals surface area contributed by atoms with E-state index < -0.39 is 0 Å². The molecule has 0 fully saturated rings. The van der Waals surface area contributed by atoms with Gasteiger partial charge < -0.3 is 14.2 Å². The van der Waals surface area contributed by atoms with Crippen molar-refractivity contribution < 1.29 is 19.0 Å². The number of carbonyl (C=O) groups is 1. The van der Waals surface area contributed by atoms with Gasteiger partial charge in [-0.2, -0.15) is 10.1 Å². The molecular weight excluding hydrogens is 434 g/mol. The van der Waals surface area contributed by atoms with Crippen LogP contribution in [0.1, 0.15) is 15.2 Å². The van der Waals surface area contributed by atoms with Gasteiger partial charge in [-0.25, -0.2) is 4.98 Å². The third-order valence-electron chi connectivity index (χ3n) is 4.43. The van der Waals surface area contributed by atoms with Crippen molar-refractivity contribution in [2.45, 2.75) is 0 Å². The summed E-state index contributed by atoms with van der Waals surface area (Å²) in [4.78, 5) is 19.0. The minimum Gasteiger partial charge on any atom is -0.497 e. The van der Waals surface area contributed by atoms with Crippen LogP contribution in [-0.2, 0) is 0 Å². The number of benzene rings is 2. The number of aromatic nitrogens is 1. The summed E-state index contributed by atoms with van der Waals surface area (Å²) in [7, 11) is 4.69. The third kappa shape index (κ3) is 4.37. The molecule has 7 nitrogen and oxygen atoms in total. The second-order valence-corrected chi connectivity index (χ2v) is 8.27. The number of hydrogen-bond acceptors (Lipinski definition) is 8. The molecule has 158 valence electrons. The molecule has 2 aromatic heterocycles. The van der Waals surface area contributed by atoms with Gasteiger partial charge in [-0.05, 0) is 47.8 Å². The summed E-state index contributed by atoms with van der Waals surface area (Å²) in [6, 6.07) is 14.4. The van der Waals surface area contributed by atoms with E-state index in [9.17, 15) is 4.79 Å². The van der Waals surface area contributed by atoms with E-state index in [-0.39, 0.29) is 5.91 Å². The largest absolute Gasteiger partial charge is 0.497 e. The average Bonchev–Trinajstić information content (AvgIpc) is 3.47. The van der Waals surface area contributed by atoms with Crippen molar-refractivity contribution in [1.29, 1.82) is 0 Å². The smallest absolute Gasteiger partial charge is 0.280 e. The van der Waals surface area contributed by atoms with Crippen LogP contribution in [0.25, 0.3) is 10.2 Å². The normalized spacial score (nSPS) is 11.1. The Bertz CT molecular complexity index is 1240. The van der Waals surface area contributed by atoms with Gasteiger partial charge >= 0.3 is 0 Å². The molecule has 0 aliphatic rings. The van der Waals surface area contributed by atoms with Crippen molar-refractivity contribution >= 4 is 50.1 Å². The molecule has 0 aliphatic carbocycles. The summed E-state index contributed by atoms with van der Waals surface area (Å²) in [6.45, 7) is 0. The molecule has 31 heavy (non-hydrogen) atoms. The number of hydrogen-bond donors (Lipinski definition) is 0. The average molecular weight is 454 g/mol. The van der Waals surface area contributed by atoms with Crippen molar-refractivity contribution in [3.05, 3.63) is 64.4 Å². The minimum absolute atomic E-state index is 0.334. The summed E-state index contributed by atoms with van der Waals surface area (Å²) < 4.78 is 16.8. The van der Waals surface area contributed by atoms with Gasteiger partial charge in [0.25, 0.3) is 5.91 Å². The van der Waals surface area contributed by atoms with Crippen LogP contribution in [0.5, 0.6) is 17.2 Å². The maximum Gasteiger partial charge on any atom is 0.280 e. The highest BCUT2D eigenvalue weighted by Crippen LogP contribution is 2.34. The minimum atomic E-state index is -0.334. The molecule has 0 radical (unpaired) electrons. The van der Waals surface area contributed by atoms with E-state index in [1.807, 2.05) is 35.7 Å². The van der Waals surface area contributed by atoms with Gasteiger partial charge in [0.15, 0.2) is 11.5 Å². The fourth-order valence-electron chi connectivity index (χ4n) is 2.87. The number of fused-ring (bicyclic) bond motifs is 1. The van der Waals surface area contributed by atoms with Crippen LogP contribution < -0.4 is 19.2 Å². The molecule has 2 aromatic carbocycles. The van der Waals surface area contributed by atoms with Gasteiger partial charge in [-0.3, -0.25) is 4.79 Å². The maximum atomic E-state index is 13.4. The summed E-state index contributed by atoms with van der Waals surface area (Å²) in [5, 5.41) is 8.17. The lowest BCUT2D eigenvalue weighted by Crippen LogP contribution is -2.25. The predicted octanol–water partition coefficient (Wildman–Crippen LogP) is 5.06. The Morgan fingerprint density at radius 3 is 2.58 bits per heavy atom. The van der Waals surface area contributed by atoms with Gasteiger partial charge in [-0.15, -0.1) is 11.3 Å². The molecule has 9 heteroatoms. The number of carbonyl (C=O) groups excluding carboxylic acids is 1. The highest BCUT2D eigenvalue weighted by molar-refractivity contribution is 7.22. The molecule has 0 atom stereocenters. The first kappa shape index (κ1) is 20.8. The number of rotatable bonds is 7. The van der Waals surface area contributed by atoms with E-state index in [1.165, 1.54) is 34.8 Å². The molecule has 0 bridgehead atoms. The number of thiazole rings is 1. The van der Waals surface area contributed by atoms with E-state index in [4.69, 9.17) is 14.2 Å². The fourth-order valence-corrected chi connectivity index (χ4v) is 4.40. The highest BCUT2D eigenvalue weighted by Gasteiger charge is 2.22. The fraction of sp³-hybridized carbons (Fsp3) is 0.136. The summed E-state index contributed by atoms with van der Waals surface area (Å²) >= 11 is 2.89. The molecule has 1 amide bonds. The first-order chi connectivity index (χ1) is 15.1. The first-order valence-electron chi connectivity index (χ1n) is 9.21. The van der Waals surface area contributed by atoms with E-state index in [1.54, 1.807) is 38.6 Å².